The number of nitrogens with zero attached hydrogens (tertiary/aromatic N) is 1. The van der Waals surface area contributed by atoms with Gasteiger partial charge in [0.25, 0.3) is 5.91 Å². The molecule has 1 aliphatic heterocycles. The van der Waals surface area contributed by atoms with Gasteiger partial charge in [-0.3, -0.25) is 4.79 Å². The molecule has 4 fully saturated rings. The zero-order valence-electron chi connectivity index (χ0n) is 16.9. The summed E-state index contributed by atoms with van der Waals surface area (Å²) in [4.78, 5) is 17.6. The van der Waals surface area contributed by atoms with E-state index in [2.05, 4.69) is 12.2 Å². The quantitative estimate of drug-likeness (QED) is 0.768. The molecule has 7 heteroatoms. The third-order valence-electron chi connectivity index (χ3n) is 7.52. The fourth-order valence-corrected chi connectivity index (χ4v) is 6.11. The molecule has 1 amide bonds. The number of hydrogen-bond acceptors (Lipinski definition) is 5. The Kier molecular flexibility index (Phi) is 3.89. The van der Waals surface area contributed by atoms with Crippen LogP contribution in [0.25, 0.3) is 0 Å². The van der Waals surface area contributed by atoms with Crippen molar-refractivity contribution in [1.82, 2.24) is 10.3 Å². The van der Waals surface area contributed by atoms with E-state index in [0.717, 1.165) is 36.8 Å². The summed E-state index contributed by atoms with van der Waals surface area (Å²) >= 11 is 6.00. The number of aliphatic hydroxyl groups is 1. The molecule has 5 aliphatic rings. The van der Waals surface area contributed by atoms with Gasteiger partial charge in [-0.15, -0.1) is 0 Å². The van der Waals surface area contributed by atoms with E-state index in [9.17, 15) is 9.90 Å². The van der Waals surface area contributed by atoms with Gasteiger partial charge in [-0.05, 0) is 56.2 Å². The zero-order valence-corrected chi connectivity index (χ0v) is 17.6. The lowest BCUT2D eigenvalue weighted by atomic mass is 9.39. The monoisotopic (exact) mass is 428 g/mol. The molecule has 2 heterocycles. The van der Waals surface area contributed by atoms with Crippen molar-refractivity contribution < 1.29 is 19.1 Å². The molecule has 0 saturated heterocycles. The number of fused-ring (bicyclic) bond motifs is 1. The van der Waals surface area contributed by atoms with Crippen LogP contribution in [0, 0.1) is 5.92 Å². The first-order chi connectivity index (χ1) is 14.3. The average molecular weight is 429 g/mol. The van der Waals surface area contributed by atoms with Crippen LogP contribution in [0.5, 0.6) is 5.75 Å². The maximum absolute atomic E-state index is 12.9. The molecule has 7 rings (SSSR count). The molecule has 2 atom stereocenters. The molecular formula is C23H25ClN2O4. The first-order valence-electron chi connectivity index (χ1n) is 10.8. The molecule has 1 aromatic heterocycles. The van der Waals surface area contributed by atoms with E-state index in [1.54, 1.807) is 18.2 Å². The molecule has 4 aliphatic carbocycles. The van der Waals surface area contributed by atoms with Gasteiger partial charge in [-0.25, -0.2) is 4.98 Å². The summed E-state index contributed by atoms with van der Waals surface area (Å²) in [6, 6.07) is 5.10. The van der Waals surface area contributed by atoms with Gasteiger partial charge in [-0.1, -0.05) is 18.5 Å². The van der Waals surface area contributed by atoms with Crippen molar-refractivity contribution in [2.45, 2.75) is 74.5 Å². The number of halogens is 1. The molecule has 0 spiro atoms. The highest BCUT2D eigenvalue weighted by Gasteiger charge is 2.71. The van der Waals surface area contributed by atoms with Gasteiger partial charge in [0.2, 0.25) is 5.89 Å². The molecule has 158 valence electrons. The number of ether oxygens (including phenoxy) is 1. The lowest BCUT2D eigenvalue weighted by Gasteiger charge is -2.68. The average Bonchev–Trinajstić information content (AvgIpc) is 3.10. The Hall–Kier alpha value is -2.05. The summed E-state index contributed by atoms with van der Waals surface area (Å²) in [6.07, 6.45) is 5.55. The summed E-state index contributed by atoms with van der Waals surface area (Å²) in [5.41, 5.74) is 1.52. The molecule has 2 bridgehead atoms. The minimum Gasteiger partial charge on any atom is -0.480 e. The topological polar surface area (TPSA) is 84.6 Å². The van der Waals surface area contributed by atoms with E-state index in [-0.39, 0.29) is 23.3 Å². The largest absolute Gasteiger partial charge is 0.480 e. The third kappa shape index (κ3) is 2.73. The second kappa shape index (κ2) is 6.24. The number of amides is 1. The van der Waals surface area contributed by atoms with Crippen molar-refractivity contribution in [2.75, 3.05) is 0 Å². The first-order valence-corrected chi connectivity index (χ1v) is 11.1. The lowest BCUT2D eigenvalue weighted by molar-refractivity contribution is -0.149. The van der Waals surface area contributed by atoms with Gasteiger partial charge in [0.1, 0.15) is 12.0 Å². The highest BCUT2D eigenvalue weighted by Crippen LogP contribution is 2.67. The second-order valence-electron chi connectivity index (χ2n) is 9.97. The number of oxazole rings is 1. The summed E-state index contributed by atoms with van der Waals surface area (Å²) in [5.74, 6) is 2.52. The molecule has 6 nitrogen and oxygen atoms in total. The van der Waals surface area contributed by atoms with Crippen LogP contribution in [-0.2, 0) is 10.2 Å². The molecule has 2 unspecified atom stereocenters. The maximum Gasteiger partial charge on any atom is 0.261 e. The van der Waals surface area contributed by atoms with Crippen molar-refractivity contribution >= 4 is 17.5 Å². The maximum atomic E-state index is 12.9. The van der Waals surface area contributed by atoms with E-state index < -0.39 is 12.2 Å². The number of rotatable bonds is 4. The Labute approximate surface area is 180 Å². The van der Waals surface area contributed by atoms with E-state index in [1.807, 2.05) is 6.26 Å². The van der Waals surface area contributed by atoms with Crippen molar-refractivity contribution in [3.63, 3.8) is 0 Å². The number of hydrogen-bond donors (Lipinski definition) is 2. The molecule has 30 heavy (non-hydrogen) atoms. The summed E-state index contributed by atoms with van der Waals surface area (Å²) in [6.45, 7) is 2.27. The van der Waals surface area contributed by atoms with Crippen molar-refractivity contribution in [1.29, 1.82) is 0 Å². The van der Waals surface area contributed by atoms with Crippen molar-refractivity contribution in [3.8, 4) is 5.75 Å². The van der Waals surface area contributed by atoms with Crippen LogP contribution in [0.3, 0.4) is 0 Å². The first kappa shape index (κ1) is 18.7. The number of aromatic nitrogens is 1. The normalized spacial score (nSPS) is 38.4. The number of carbonyl (C=O) groups is 1. The highest BCUT2D eigenvalue weighted by atomic mass is 35.5. The molecule has 4 saturated carbocycles. The molecule has 2 N–H and O–H groups in total. The fourth-order valence-electron chi connectivity index (χ4n) is 5.93. The van der Waals surface area contributed by atoms with Gasteiger partial charge in [-0.2, -0.15) is 0 Å². The fraction of sp³-hybridized carbons (Fsp3) is 0.565. The van der Waals surface area contributed by atoms with Gasteiger partial charge in [0.15, 0.2) is 6.10 Å². The zero-order chi connectivity index (χ0) is 20.7. The van der Waals surface area contributed by atoms with Crippen LogP contribution in [0.1, 0.15) is 74.6 Å². The standard InChI is InChI=1S/C23H25ClN2O4/c1-12-4-13(5-12)16-8-29-21(25-16)22-9-23(10-22,11-22)26-20(28)19-7-17(27)15-6-14(24)2-3-18(15)30-19/h2-3,6,8,12-13,17,19,27H,4-5,7,9-11H2,1H3,(H,26,28). The van der Waals surface area contributed by atoms with Gasteiger partial charge >= 0.3 is 0 Å². The van der Waals surface area contributed by atoms with Crippen LogP contribution in [-0.4, -0.2) is 27.6 Å². The predicted molar refractivity (Wildman–Crippen MR) is 109 cm³/mol. The molecule has 0 radical (unpaired) electrons. The Morgan fingerprint density at radius 1 is 1.27 bits per heavy atom. The number of carbonyl (C=O) groups excluding carboxylic acids is 1. The number of nitrogens with one attached hydrogen (secondary N) is 1. The Bertz CT molecular complexity index is 1010. The molecule has 1 aromatic carbocycles. The lowest BCUT2D eigenvalue weighted by Crippen LogP contribution is -2.77. The Morgan fingerprint density at radius 2 is 2.03 bits per heavy atom. The van der Waals surface area contributed by atoms with Crippen LogP contribution < -0.4 is 10.1 Å². The van der Waals surface area contributed by atoms with Crippen LogP contribution in [0.15, 0.2) is 28.9 Å². The highest BCUT2D eigenvalue weighted by molar-refractivity contribution is 6.30. The SMILES string of the molecule is CC1CC(c2coc(C34CC(NC(=O)C5CC(O)c6cc(Cl)ccc6O5)(C3)C4)n2)C1. The molecule has 2 aromatic rings. The summed E-state index contributed by atoms with van der Waals surface area (Å²) in [5, 5.41) is 14.1. The van der Waals surface area contributed by atoms with Gasteiger partial charge in [0, 0.05) is 28.5 Å². The Morgan fingerprint density at radius 3 is 2.77 bits per heavy atom. The number of aliphatic hydroxyl groups excluding tert-OH is 1. The summed E-state index contributed by atoms with van der Waals surface area (Å²) < 4.78 is 11.7. The predicted octanol–water partition coefficient (Wildman–Crippen LogP) is 4.02. The second-order valence-corrected chi connectivity index (χ2v) is 10.4. The van der Waals surface area contributed by atoms with E-state index in [0.29, 0.717) is 22.3 Å². The van der Waals surface area contributed by atoms with Gasteiger partial charge in [0.05, 0.1) is 17.2 Å². The van der Waals surface area contributed by atoms with Gasteiger partial charge < -0.3 is 19.6 Å². The van der Waals surface area contributed by atoms with Crippen LogP contribution in [0.4, 0.5) is 0 Å². The summed E-state index contributed by atoms with van der Waals surface area (Å²) in [7, 11) is 0. The minimum absolute atomic E-state index is 0.0167. The van der Waals surface area contributed by atoms with Crippen molar-refractivity contribution in [2.24, 2.45) is 5.92 Å². The minimum atomic E-state index is -0.762. The Balaban J connectivity index is 1.08. The van der Waals surface area contributed by atoms with E-state index >= 15 is 0 Å². The van der Waals surface area contributed by atoms with E-state index in [1.165, 1.54) is 12.8 Å². The molecular weight excluding hydrogens is 404 g/mol. The van der Waals surface area contributed by atoms with Crippen LogP contribution in [0.2, 0.25) is 5.02 Å². The van der Waals surface area contributed by atoms with E-state index in [4.69, 9.17) is 25.7 Å². The van der Waals surface area contributed by atoms with Crippen molar-refractivity contribution in [3.05, 3.63) is 46.6 Å². The number of benzene rings is 1. The third-order valence-corrected chi connectivity index (χ3v) is 7.75. The van der Waals surface area contributed by atoms with Crippen LogP contribution >= 0.6 is 11.6 Å². The smallest absolute Gasteiger partial charge is 0.261 e.